The van der Waals surface area contributed by atoms with Crippen LogP contribution in [-0.2, 0) is 32.4 Å². The molecule has 0 aliphatic carbocycles. The number of aromatic nitrogens is 2. The topological polar surface area (TPSA) is 190 Å². The van der Waals surface area contributed by atoms with Gasteiger partial charge in [0.05, 0.1) is 38.4 Å². The zero-order valence-electron chi connectivity index (χ0n) is 24.9. The molecule has 3 saturated heterocycles. The lowest BCUT2D eigenvalue weighted by atomic mass is 10.2. The van der Waals surface area contributed by atoms with Crippen molar-refractivity contribution in [2.24, 2.45) is 0 Å². The smallest absolute Gasteiger partial charge is 0.459 e. The van der Waals surface area contributed by atoms with Gasteiger partial charge in [-0.2, -0.15) is 0 Å². The second-order valence-corrected chi connectivity index (χ2v) is 14.9. The second kappa shape index (κ2) is 14.2. The Morgan fingerprint density at radius 3 is 2.49 bits per heavy atom. The maximum absolute atomic E-state index is 13.7. The molecule has 1 aromatic carbocycles. The summed E-state index contributed by atoms with van der Waals surface area (Å²) in [6.07, 6.45) is 1.03. The lowest BCUT2D eigenvalue weighted by Crippen LogP contribution is -2.34. The number of aliphatic hydroxyl groups excluding tert-OH is 1. The number of para-hydroxylation sites is 1. The molecule has 0 amide bonds. The number of esters is 1. The molecule has 1 unspecified atom stereocenters. The normalized spacial score (nSPS) is 23.9. The van der Waals surface area contributed by atoms with E-state index in [0.717, 1.165) is 4.57 Å². The first-order chi connectivity index (χ1) is 21.5. The summed E-state index contributed by atoms with van der Waals surface area (Å²) in [6.45, 7) is 4.06. The number of hydrogen-bond donors (Lipinski definition) is 3. The summed E-state index contributed by atoms with van der Waals surface area (Å²) in [7, 11) is -5.88. The predicted molar refractivity (Wildman–Crippen MR) is 161 cm³/mol. The third-order valence-corrected chi connectivity index (χ3v) is 11.6. The first-order valence-electron chi connectivity index (χ1n) is 14.4. The average molecular weight is 670 g/mol. The van der Waals surface area contributed by atoms with E-state index < -0.39 is 63.7 Å². The van der Waals surface area contributed by atoms with E-state index in [2.05, 4.69) is 14.8 Å². The number of rotatable bonds is 16. The van der Waals surface area contributed by atoms with Crippen LogP contribution in [-0.4, -0.2) is 94.7 Å². The van der Waals surface area contributed by atoms with E-state index in [1.165, 1.54) is 19.4 Å². The number of nitrogens with zero attached hydrogens (tertiary/aromatic N) is 3. The number of H-pyrrole nitrogens is 1. The van der Waals surface area contributed by atoms with Crippen molar-refractivity contribution in [3.8, 4) is 5.75 Å². The quantitative estimate of drug-likeness (QED) is 0.133. The van der Waals surface area contributed by atoms with Crippen molar-refractivity contribution < 1.29 is 42.1 Å². The molecule has 0 spiro atoms. The number of carbonyl (C=O) groups is 1. The van der Waals surface area contributed by atoms with E-state index in [-0.39, 0.29) is 30.8 Å². The van der Waals surface area contributed by atoms with E-state index in [9.17, 15) is 28.6 Å². The minimum atomic E-state index is -4.10. The molecule has 16 nitrogen and oxygen atoms in total. The molecule has 5 rings (SSSR count). The van der Waals surface area contributed by atoms with Gasteiger partial charge in [0.1, 0.15) is 18.1 Å². The summed E-state index contributed by atoms with van der Waals surface area (Å²) in [6, 6.07) is 7.62. The lowest BCUT2D eigenvalue weighted by Gasteiger charge is -2.25. The zero-order valence-corrected chi connectivity index (χ0v) is 26.6. The highest BCUT2D eigenvalue weighted by atomic mass is 31.2. The molecule has 5 atom stereocenters. The fourth-order valence-corrected chi connectivity index (χ4v) is 8.36. The maximum Gasteiger partial charge on any atom is 0.459 e. The Labute approximate surface area is 259 Å². The molecule has 0 bridgehead atoms. The van der Waals surface area contributed by atoms with Crippen LogP contribution < -0.4 is 20.9 Å². The number of benzene rings is 1. The van der Waals surface area contributed by atoms with Gasteiger partial charge in [-0.25, -0.2) is 23.8 Å². The van der Waals surface area contributed by atoms with Gasteiger partial charge in [-0.3, -0.25) is 28.2 Å². The summed E-state index contributed by atoms with van der Waals surface area (Å²) in [5.74, 6) is -0.285. The Balaban J connectivity index is 1.23. The third kappa shape index (κ3) is 8.67. The van der Waals surface area contributed by atoms with Crippen LogP contribution >= 0.6 is 15.4 Å². The molecule has 18 heteroatoms. The molecular formula is C27H37N5O11P2. The molecule has 3 aliphatic heterocycles. The monoisotopic (exact) mass is 669 g/mol. The standard InChI is InChI=1S/C27H37N5O11P2/c1-19(15-25(34)39-2)29-44(37,43-21-8-4-3-5-9-21)41-18-23-22(33)16-24(42-23)32-17-20(26(35)28-27(32)36)7-6-14-40-45(38,30-10-11-30)31-12-13-31/h3-9,17,19,22-24,33H,10-16,18H2,1-2H3,(H,29,37)(H,28,35,36)/b7-6-/t19-,22-,23+,24+,44?/m0/s1. The van der Waals surface area contributed by atoms with E-state index in [4.69, 9.17) is 18.3 Å². The number of aromatic amines is 1. The van der Waals surface area contributed by atoms with Crippen LogP contribution in [0.2, 0.25) is 0 Å². The maximum atomic E-state index is 13.7. The van der Waals surface area contributed by atoms with Crippen molar-refractivity contribution >= 4 is 27.5 Å². The van der Waals surface area contributed by atoms with Gasteiger partial charge in [-0.15, -0.1) is 0 Å². The molecule has 3 N–H and O–H groups in total. The summed E-state index contributed by atoms with van der Waals surface area (Å²) in [4.78, 5) is 39.1. The largest absolute Gasteiger partial charge is 0.469 e. The predicted octanol–water partition coefficient (Wildman–Crippen LogP) is 1.70. The van der Waals surface area contributed by atoms with Crippen molar-refractivity contribution in [1.29, 1.82) is 0 Å². The Morgan fingerprint density at radius 1 is 1.16 bits per heavy atom. The Morgan fingerprint density at radius 2 is 1.84 bits per heavy atom. The number of ether oxygens (including phenoxy) is 2. The molecular weight excluding hydrogens is 632 g/mol. The summed E-state index contributed by atoms with van der Waals surface area (Å²) in [5, 5.41) is 13.4. The minimum Gasteiger partial charge on any atom is -0.469 e. The first-order valence-corrected chi connectivity index (χ1v) is 17.5. The van der Waals surface area contributed by atoms with Crippen molar-refractivity contribution in [2.75, 3.05) is 46.5 Å². The molecule has 2 aromatic rings. The van der Waals surface area contributed by atoms with Crippen LogP contribution in [0.3, 0.4) is 0 Å². The molecule has 1 aromatic heterocycles. The van der Waals surface area contributed by atoms with Crippen LogP contribution in [0.4, 0.5) is 0 Å². The van der Waals surface area contributed by atoms with Crippen LogP contribution in [0, 0.1) is 0 Å². The average Bonchev–Trinajstić information content (AvgIpc) is 3.92. The molecule has 246 valence electrons. The van der Waals surface area contributed by atoms with Crippen molar-refractivity contribution in [2.45, 2.75) is 44.2 Å². The molecule has 0 saturated carbocycles. The zero-order chi connectivity index (χ0) is 32.2. The first kappa shape index (κ1) is 33.5. The fraction of sp³-hybridized carbons (Fsp3) is 0.519. The van der Waals surface area contributed by atoms with E-state index >= 15 is 0 Å². The highest BCUT2D eigenvalue weighted by molar-refractivity contribution is 7.54. The van der Waals surface area contributed by atoms with Gasteiger partial charge in [0, 0.05) is 44.8 Å². The highest BCUT2D eigenvalue weighted by Gasteiger charge is 2.49. The lowest BCUT2D eigenvalue weighted by molar-refractivity contribution is -0.141. The molecule has 3 aliphatic rings. The molecule has 3 fully saturated rings. The molecule has 0 radical (unpaired) electrons. The van der Waals surface area contributed by atoms with Crippen LogP contribution in [0.1, 0.15) is 31.6 Å². The minimum absolute atomic E-state index is 0.00170. The fourth-order valence-electron chi connectivity index (χ4n) is 4.65. The van der Waals surface area contributed by atoms with Crippen LogP contribution in [0.5, 0.6) is 5.75 Å². The van der Waals surface area contributed by atoms with E-state index in [1.807, 2.05) is 0 Å². The van der Waals surface area contributed by atoms with Gasteiger partial charge < -0.3 is 23.6 Å². The van der Waals surface area contributed by atoms with Crippen LogP contribution in [0.25, 0.3) is 6.08 Å². The van der Waals surface area contributed by atoms with Crippen LogP contribution in [0.15, 0.2) is 52.2 Å². The summed E-state index contributed by atoms with van der Waals surface area (Å²) in [5.41, 5.74) is -1.28. The van der Waals surface area contributed by atoms with Crippen molar-refractivity contribution in [1.82, 2.24) is 24.0 Å². The Kier molecular flexibility index (Phi) is 10.6. The second-order valence-electron chi connectivity index (χ2n) is 10.8. The summed E-state index contributed by atoms with van der Waals surface area (Å²) >= 11 is 0. The van der Waals surface area contributed by atoms with Crippen molar-refractivity contribution in [3.05, 3.63) is 69.0 Å². The highest BCUT2D eigenvalue weighted by Crippen LogP contribution is 2.60. The van der Waals surface area contributed by atoms with E-state index in [0.29, 0.717) is 26.2 Å². The van der Waals surface area contributed by atoms with Gasteiger partial charge in [0.2, 0.25) is 0 Å². The molecule has 4 heterocycles. The van der Waals surface area contributed by atoms with Crippen molar-refractivity contribution in [3.63, 3.8) is 0 Å². The van der Waals surface area contributed by atoms with Gasteiger partial charge >= 0.3 is 27.1 Å². The third-order valence-electron chi connectivity index (χ3n) is 7.16. The number of carbonyl (C=O) groups excluding carboxylic acids is 1. The molecule has 45 heavy (non-hydrogen) atoms. The van der Waals surface area contributed by atoms with Gasteiger partial charge in [0.25, 0.3) is 5.56 Å². The Hall–Kier alpha value is -2.91. The SMILES string of the molecule is COC(=O)C[C@H](C)NP(=O)(OC[C@H]1O[C@@H](n2cc(/C=C\COP(=O)(N3CC3)N3CC3)c(=O)[nH]c2=O)C[C@@H]1O)Oc1ccccc1. The number of hydrogen-bond acceptors (Lipinski definition) is 11. The van der Waals surface area contributed by atoms with E-state index in [1.54, 1.807) is 52.7 Å². The summed E-state index contributed by atoms with van der Waals surface area (Å²) < 4.78 is 59.0. The number of aliphatic hydroxyl groups is 1. The van der Waals surface area contributed by atoms with Gasteiger partial charge in [-0.1, -0.05) is 24.3 Å². The number of methoxy groups -OCH3 is 1. The Bertz CT molecular complexity index is 1580. The van der Waals surface area contributed by atoms with Gasteiger partial charge in [-0.05, 0) is 25.1 Å². The van der Waals surface area contributed by atoms with Gasteiger partial charge in [0.15, 0.2) is 0 Å². The number of nitrogens with one attached hydrogen (secondary N) is 2.